The first kappa shape index (κ1) is 25.4. The third-order valence-electron chi connectivity index (χ3n) is 3.61. The molecule has 0 spiro atoms. The molecule has 2 atom stereocenters. The molecule has 0 aliphatic heterocycles. The average Bonchev–Trinajstić information content (AvgIpc) is 2.59. The first-order valence-electron chi connectivity index (χ1n) is 7.91. The molecule has 0 heterocycles. The largest absolute Gasteiger partial charge is 2.00 e. The summed E-state index contributed by atoms with van der Waals surface area (Å²) in [6.07, 6.45) is 10.5. The number of ketones is 2. The maximum atomic E-state index is 10.7. The van der Waals surface area contributed by atoms with Gasteiger partial charge in [0, 0.05) is 24.9 Å². The summed E-state index contributed by atoms with van der Waals surface area (Å²) in [6.45, 7) is 0. The van der Waals surface area contributed by atoms with Gasteiger partial charge in [0.2, 0.25) is 0 Å². The SMILES string of the molecule is N[C@@H](CC1=CCC(=O)C=C1)C(=O)[O-].N[C@@H](CC1=CCC(=O)C=C1)C(=O)[O-].[Ca+2]. The van der Waals surface area contributed by atoms with E-state index in [1.807, 2.05) is 0 Å². The van der Waals surface area contributed by atoms with Gasteiger partial charge < -0.3 is 31.3 Å². The van der Waals surface area contributed by atoms with Gasteiger partial charge in [-0.3, -0.25) is 9.59 Å². The average molecular weight is 400 g/mol. The predicted octanol–water partition coefficient (Wildman–Crippen LogP) is -2.56. The number of carboxylic acids is 2. The van der Waals surface area contributed by atoms with Gasteiger partial charge in [-0.25, -0.2) is 0 Å². The van der Waals surface area contributed by atoms with E-state index in [1.54, 1.807) is 24.3 Å². The zero-order valence-electron chi connectivity index (χ0n) is 14.8. The van der Waals surface area contributed by atoms with Crippen LogP contribution >= 0.6 is 0 Å². The van der Waals surface area contributed by atoms with Crippen molar-refractivity contribution in [2.45, 2.75) is 37.8 Å². The van der Waals surface area contributed by atoms with Crippen LogP contribution in [-0.4, -0.2) is 73.3 Å². The standard InChI is InChI=1S/2C9H11NO3.Ca/c2*10-8(9(12)13)5-6-1-3-7(11)4-2-6;/h2*1-3,8H,4-5,10H2,(H,12,13);/q;;+2/p-2/t2*8-;/m00./s1. The maximum absolute atomic E-state index is 10.7. The fourth-order valence-electron chi connectivity index (χ4n) is 2.11. The van der Waals surface area contributed by atoms with Crippen molar-refractivity contribution < 1.29 is 29.4 Å². The van der Waals surface area contributed by atoms with Crippen LogP contribution in [0.1, 0.15) is 25.7 Å². The van der Waals surface area contributed by atoms with Gasteiger partial charge in [0.15, 0.2) is 11.6 Å². The van der Waals surface area contributed by atoms with Crippen molar-refractivity contribution in [3.05, 3.63) is 47.6 Å². The van der Waals surface area contributed by atoms with Crippen LogP contribution in [0.15, 0.2) is 47.6 Å². The molecule has 0 fully saturated rings. The summed E-state index contributed by atoms with van der Waals surface area (Å²) >= 11 is 0. The molecule has 0 amide bonds. The minimum absolute atomic E-state index is 0. The van der Waals surface area contributed by atoms with Crippen LogP contribution in [0.5, 0.6) is 0 Å². The number of hydrogen-bond donors (Lipinski definition) is 2. The van der Waals surface area contributed by atoms with Crippen LogP contribution in [0.25, 0.3) is 0 Å². The van der Waals surface area contributed by atoms with Crippen LogP contribution in [0, 0.1) is 0 Å². The summed E-state index contributed by atoms with van der Waals surface area (Å²) in [7, 11) is 0. The van der Waals surface area contributed by atoms with Crippen molar-refractivity contribution in [1.29, 1.82) is 0 Å². The predicted molar refractivity (Wildman–Crippen MR) is 94.6 cm³/mol. The Bertz CT molecular complexity index is 649. The quantitative estimate of drug-likeness (QED) is 0.459. The molecule has 2 aliphatic rings. The van der Waals surface area contributed by atoms with Gasteiger partial charge in [-0.05, 0) is 36.1 Å². The third kappa shape index (κ3) is 10.4. The molecule has 0 saturated heterocycles. The second-order valence-corrected chi connectivity index (χ2v) is 5.82. The minimum Gasteiger partial charge on any atom is -0.548 e. The molecular weight excluding hydrogens is 380 g/mol. The molecular formula is C18H20CaN2O6. The van der Waals surface area contributed by atoms with Gasteiger partial charge in [-0.15, -0.1) is 0 Å². The van der Waals surface area contributed by atoms with Crippen molar-refractivity contribution in [2.75, 3.05) is 0 Å². The monoisotopic (exact) mass is 400 g/mol. The van der Waals surface area contributed by atoms with E-state index in [4.69, 9.17) is 11.5 Å². The molecule has 8 nitrogen and oxygen atoms in total. The van der Waals surface area contributed by atoms with Crippen molar-refractivity contribution >= 4 is 61.2 Å². The van der Waals surface area contributed by atoms with E-state index in [0.717, 1.165) is 11.1 Å². The van der Waals surface area contributed by atoms with Crippen LogP contribution in [0.4, 0.5) is 0 Å². The fraction of sp³-hybridized carbons (Fsp3) is 0.333. The van der Waals surface area contributed by atoms with Crippen molar-refractivity contribution in [2.24, 2.45) is 11.5 Å². The number of allylic oxidation sites excluding steroid dienone is 6. The van der Waals surface area contributed by atoms with Gasteiger partial charge in [-0.1, -0.05) is 24.3 Å². The summed E-state index contributed by atoms with van der Waals surface area (Å²) < 4.78 is 0. The van der Waals surface area contributed by atoms with Crippen LogP contribution in [0.2, 0.25) is 0 Å². The Morgan fingerprint density at radius 2 is 1.15 bits per heavy atom. The third-order valence-corrected chi connectivity index (χ3v) is 3.61. The van der Waals surface area contributed by atoms with Gasteiger partial charge in [0.1, 0.15) is 0 Å². The van der Waals surface area contributed by atoms with E-state index in [-0.39, 0.29) is 62.1 Å². The number of carbonyl (C=O) groups excluding carboxylic acids is 4. The number of carboxylic acid groups (broad SMARTS) is 2. The Labute approximate surface area is 186 Å². The molecule has 2 rings (SSSR count). The van der Waals surface area contributed by atoms with E-state index < -0.39 is 24.0 Å². The maximum Gasteiger partial charge on any atom is 2.00 e. The van der Waals surface area contributed by atoms with Gasteiger partial charge >= 0.3 is 37.7 Å². The molecule has 2 aliphatic carbocycles. The van der Waals surface area contributed by atoms with Gasteiger partial charge in [0.05, 0.1) is 11.9 Å². The Hall–Kier alpha value is -1.58. The van der Waals surface area contributed by atoms with Gasteiger partial charge in [0.25, 0.3) is 0 Å². The zero-order valence-corrected chi connectivity index (χ0v) is 17.0. The molecule has 0 aromatic rings. The molecule has 140 valence electrons. The molecule has 9 heteroatoms. The topological polar surface area (TPSA) is 166 Å². The molecule has 0 aromatic heterocycles. The Morgan fingerprint density at radius 1 is 0.815 bits per heavy atom. The number of nitrogens with two attached hydrogens (primary N) is 2. The van der Waals surface area contributed by atoms with Crippen molar-refractivity contribution in [1.82, 2.24) is 0 Å². The first-order valence-corrected chi connectivity index (χ1v) is 7.91. The smallest absolute Gasteiger partial charge is 0.548 e. The minimum atomic E-state index is -1.27. The van der Waals surface area contributed by atoms with E-state index in [2.05, 4.69) is 0 Å². The van der Waals surface area contributed by atoms with Crippen LogP contribution in [-0.2, 0) is 19.2 Å². The number of aliphatic carboxylic acids is 2. The number of hydrogen-bond acceptors (Lipinski definition) is 8. The molecule has 0 aromatic carbocycles. The number of carbonyl (C=O) groups is 4. The second kappa shape index (κ2) is 12.7. The summed E-state index contributed by atoms with van der Waals surface area (Å²) in [6, 6.07) is -1.99. The second-order valence-electron chi connectivity index (χ2n) is 5.82. The molecule has 0 radical (unpaired) electrons. The van der Waals surface area contributed by atoms with Crippen molar-refractivity contribution in [3.63, 3.8) is 0 Å². The van der Waals surface area contributed by atoms with Crippen molar-refractivity contribution in [3.8, 4) is 0 Å². The summed E-state index contributed by atoms with van der Waals surface area (Å²) in [4.78, 5) is 42.0. The molecule has 4 N–H and O–H groups in total. The summed E-state index contributed by atoms with van der Waals surface area (Å²) in [5.41, 5.74) is 12.1. The first-order chi connectivity index (χ1) is 12.2. The normalized spacial score (nSPS) is 17.6. The fourth-order valence-corrected chi connectivity index (χ4v) is 2.11. The molecule has 27 heavy (non-hydrogen) atoms. The zero-order chi connectivity index (χ0) is 19.7. The molecule has 0 saturated carbocycles. The van der Waals surface area contributed by atoms with E-state index in [9.17, 15) is 29.4 Å². The van der Waals surface area contributed by atoms with Crippen LogP contribution in [0.3, 0.4) is 0 Å². The van der Waals surface area contributed by atoms with E-state index >= 15 is 0 Å². The Morgan fingerprint density at radius 3 is 1.37 bits per heavy atom. The van der Waals surface area contributed by atoms with E-state index in [1.165, 1.54) is 12.2 Å². The Balaban J connectivity index is 0.000000483. The molecule has 0 unspecified atom stereocenters. The summed E-state index contributed by atoms with van der Waals surface area (Å²) in [5, 5.41) is 20.6. The van der Waals surface area contributed by atoms with Gasteiger partial charge in [-0.2, -0.15) is 0 Å². The summed E-state index contributed by atoms with van der Waals surface area (Å²) in [5.74, 6) is -2.51. The Kier molecular flexibility index (Phi) is 12.0. The molecule has 0 bridgehead atoms. The number of rotatable bonds is 6. The van der Waals surface area contributed by atoms with Crippen LogP contribution < -0.4 is 21.7 Å². The van der Waals surface area contributed by atoms with E-state index in [0.29, 0.717) is 12.8 Å².